The number of halogens is 1. The van der Waals surface area contributed by atoms with Gasteiger partial charge < -0.3 is 15.4 Å². The van der Waals surface area contributed by atoms with Crippen molar-refractivity contribution in [2.24, 2.45) is 0 Å². The van der Waals surface area contributed by atoms with Crippen molar-refractivity contribution >= 4 is 33.7 Å². The highest BCUT2D eigenvalue weighted by molar-refractivity contribution is 9.10. The molecule has 0 saturated heterocycles. The van der Waals surface area contributed by atoms with Crippen molar-refractivity contribution in [2.75, 3.05) is 7.11 Å². The number of benzene rings is 2. The molecule has 6 nitrogen and oxygen atoms in total. The number of nitrogens with one attached hydrogen (secondary N) is 2. The SMILES string of the molecule is COC(=O)[C@H](Cc1ccc(Br)cc1)NC(=O)[C@H](Cc1ccccc1)NC(C)=O. The zero-order valence-electron chi connectivity index (χ0n) is 15.8. The first-order valence-corrected chi connectivity index (χ1v) is 9.62. The molecule has 0 aromatic heterocycles. The van der Waals surface area contributed by atoms with E-state index in [1.54, 1.807) is 0 Å². The second-order valence-electron chi connectivity index (χ2n) is 6.36. The number of esters is 1. The molecule has 0 spiro atoms. The summed E-state index contributed by atoms with van der Waals surface area (Å²) in [6.45, 7) is 1.35. The molecule has 28 heavy (non-hydrogen) atoms. The number of hydrogen-bond donors (Lipinski definition) is 2. The first-order chi connectivity index (χ1) is 13.4. The molecule has 0 radical (unpaired) electrons. The largest absolute Gasteiger partial charge is 0.467 e. The molecule has 2 amide bonds. The second kappa shape index (κ2) is 10.6. The van der Waals surface area contributed by atoms with E-state index in [1.807, 2.05) is 54.6 Å². The number of amides is 2. The summed E-state index contributed by atoms with van der Waals surface area (Å²) in [5, 5.41) is 5.37. The number of hydrogen-bond acceptors (Lipinski definition) is 4. The number of rotatable bonds is 8. The predicted octanol–water partition coefficient (Wildman–Crippen LogP) is 2.40. The maximum Gasteiger partial charge on any atom is 0.328 e. The van der Waals surface area contributed by atoms with E-state index in [0.29, 0.717) is 6.42 Å². The van der Waals surface area contributed by atoms with E-state index in [9.17, 15) is 14.4 Å². The van der Waals surface area contributed by atoms with E-state index in [2.05, 4.69) is 26.6 Å². The molecule has 2 aromatic carbocycles. The van der Waals surface area contributed by atoms with E-state index in [4.69, 9.17) is 4.74 Å². The molecule has 0 fully saturated rings. The molecular formula is C21H23BrN2O4. The Balaban J connectivity index is 2.14. The van der Waals surface area contributed by atoms with Gasteiger partial charge in [0.2, 0.25) is 11.8 Å². The Morgan fingerprint density at radius 3 is 2.04 bits per heavy atom. The van der Waals surface area contributed by atoms with Gasteiger partial charge in [0.1, 0.15) is 12.1 Å². The molecule has 0 aliphatic carbocycles. The van der Waals surface area contributed by atoms with Crippen molar-refractivity contribution < 1.29 is 19.1 Å². The van der Waals surface area contributed by atoms with Gasteiger partial charge in [0, 0.05) is 24.2 Å². The molecule has 0 aliphatic rings. The highest BCUT2D eigenvalue weighted by Gasteiger charge is 2.27. The first kappa shape index (κ1) is 21.6. The lowest BCUT2D eigenvalue weighted by Crippen LogP contribution is -2.53. The Morgan fingerprint density at radius 1 is 0.893 bits per heavy atom. The van der Waals surface area contributed by atoms with E-state index in [-0.39, 0.29) is 12.3 Å². The Kier molecular flexibility index (Phi) is 8.19. The topological polar surface area (TPSA) is 84.5 Å². The van der Waals surface area contributed by atoms with Crippen LogP contribution in [0.25, 0.3) is 0 Å². The second-order valence-corrected chi connectivity index (χ2v) is 7.27. The van der Waals surface area contributed by atoms with Gasteiger partial charge in [-0.15, -0.1) is 0 Å². The van der Waals surface area contributed by atoms with Crippen LogP contribution >= 0.6 is 15.9 Å². The lowest BCUT2D eigenvalue weighted by Gasteiger charge is -2.22. The molecule has 2 N–H and O–H groups in total. The van der Waals surface area contributed by atoms with Gasteiger partial charge in [0.05, 0.1) is 7.11 Å². The molecule has 2 atom stereocenters. The number of methoxy groups -OCH3 is 1. The van der Waals surface area contributed by atoms with Gasteiger partial charge in [0.25, 0.3) is 0 Å². The Labute approximate surface area is 172 Å². The summed E-state index contributed by atoms with van der Waals surface area (Å²) >= 11 is 3.37. The van der Waals surface area contributed by atoms with Crippen LogP contribution in [0.2, 0.25) is 0 Å². The fourth-order valence-corrected chi connectivity index (χ4v) is 3.03. The Bertz CT molecular complexity index is 809. The molecule has 0 aliphatic heterocycles. The Morgan fingerprint density at radius 2 is 1.46 bits per heavy atom. The summed E-state index contributed by atoms with van der Waals surface area (Å²) in [6, 6.07) is 15.2. The molecule has 2 aromatic rings. The molecule has 0 unspecified atom stereocenters. The minimum absolute atomic E-state index is 0.282. The molecule has 0 heterocycles. The van der Waals surface area contributed by atoms with Crippen LogP contribution in [0.3, 0.4) is 0 Å². The van der Waals surface area contributed by atoms with Crippen molar-refractivity contribution in [3.05, 3.63) is 70.2 Å². The maximum atomic E-state index is 12.8. The van der Waals surface area contributed by atoms with Gasteiger partial charge in [-0.05, 0) is 23.3 Å². The van der Waals surface area contributed by atoms with Crippen molar-refractivity contribution in [1.29, 1.82) is 0 Å². The third kappa shape index (κ3) is 6.81. The van der Waals surface area contributed by atoms with Gasteiger partial charge in [0.15, 0.2) is 0 Å². The van der Waals surface area contributed by atoms with Crippen LogP contribution in [0.4, 0.5) is 0 Å². The van der Waals surface area contributed by atoms with E-state index < -0.39 is 24.0 Å². The number of carbonyl (C=O) groups excluding carboxylic acids is 3. The van der Waals surface area contributed by atoms with Gasteiger partial charge in [-0.25, -0.2) is 4.79 Å². The summed E-state index contributed by atoms with van der Waals surface area (Å²) in [5.41, 5.74) is 1.77. The van der Waals surface area contributed by atoms with Crippen LogP contribution < -0.4 is 10.6 Å². The van der Waals surface area contributed by atoms with Crippen LogP contribution in [0.1, 0.15) is 18.1 Å². The summed E-state index contributed by atoms with van der Waals surface area (Å²) in [7, 11) is 1.28. The average Bonchev–Trinajstić information content (AvgIpc) is 2.68. The third-order valence-corrected chi connectivity index (χ3v) is 4.66. The van der Waals surface area contributed by atoms with Gasteiger partial charge >= 0.3 is 5.97 Å². The first-order valence-electron chi connectivity index (χ1n) is 8.82. The molecule has 7 heteroatoms. The van der Waals surface area contributed by atoms with E-state index in [1.165, 1.54) is 14.0 Å². The summed E-state index contributed by atoms with van der Waals surface area (Å²) in [6.07, 6.45) is 0.599. The van der Waals surface area contributed by atoms with Gasteiger partial charge in [-0.1, -0.05) is 58.4 Å². The molecule has 148 valence electrons. The smallest absolute Gasteiger partial charge is 0.328 e. The fourth-order valence-electron chi connectivity index (χ4n) is 2.77. The fraction of sp³-hybridized carbons (Fsp3) is 0.286. The molecule has 0 bridgehead atoms. The minimum atomic E-state index is -0.856. The Hall–Kier alpha value is -2.67. The normalized spacial score (nSPS) is 12.5. The summed E-state index contributed by atoms with van der Waals surface area (Å²) in [5.74, 6) is -1.30. The van der Waals surface area contributed by atoms with Crippen LogP contribution in [-0.2, 0) is 32.0 Å². The van der Waals surface area contributed by atoms with Crippen LogP contribution in [0, 0.1) is 0 Å². The van der Waals surface area contributed by atoms with Crippen LogP contribution in [0.5, 0.6) is 0 Å². The summed E-state index contributed by atoms with van der Waals surface area (Å²) in [4.78, 5) is 36.6. The van der Waals surface area contributed by atoms with Gasteiger partial charge in [-0.3, -0.25) is 9.59 Å². The monoisotopic (exact) mass is 446 g/mol. The van der Waals surface area contributed by atoms with Crippen molar-refractivity contribution in [1.82, 2.24) is 10.6 Å². The quantitative estimate of drug-likeness (QED) is 0.609. The van der Waals surface area contributed by atoms with E-state index >= 15 is 0 Å². The van der Waals surface area contributed by atoms with Crippen LogP contribution in [0.15, 0.2) is 59.1 Å². The lowest BCUT2D eigenvalue weighted by molar-refractivity contribution is -0.145. The molecule has 2 rings (SSSR count). The van der Waals surface area contributed by atoms with Gasteiger partial charge in [-0.2, -0.15) is 0 Å². The standard InChI is InChI=1S/C21H23BrN2O4/c1-14(25)23-18(12-15-6-4-3-5-7-15)20(26)24-19(21(27)28-2)13-16-8-10-17(22)11-9-16/h3-11,18-19H,12-13H2,1-2H3,(H,23,25)(H,24,26)/t18-,19-/m0/s1. The average molecular weight is 447 g/mol. The third-order valence-electron chi connectivity index (χ3n) is 4.13. The zero-order valence-corrected chi connectivity index (χ0v) is 17.4. The lowest BCUT2D eigenvalue weighted by atomic mass is 10.0. The highest BCUT2D eigenvalue weighted by Crippen LogP contribution is 2.13. The van der Waals surface area contributed by atoms with E-state index in [0.717, 1.165) is 15.6 Å². The number of carbonyl (C=O) groups is 3. The zero-order chi connectivity index (χ0) is 20.5. The highest BCUT2D eigenvalue weighted by atomic mass is 79.9. The maximum absolute atomic E-state index is 12.8. The minimum Gasteiger partial charge on any atom is -0.467 e. The van der Waals surface area contributed by atoms with Crippen LogP contribution in [-0.4, -0.2) is 37.0 Å². The molecular weight excluding hydrogens is 424 g/mol. The van der Waals surface area contributed by atoms with Crippen molar-refractivity contribution in [3.63, 3.8) is 0 Å². The number of ether oxygens (including phenoxy) is 1. The summed E-state index contributed by atoms with van der Waals surface area (Å²) < 4.78 is 5.76. The molecule has 0 saturated carbocycles. The van der Waals surface area contributed by atoms with Crippen molar-refractivity contribution in [3.8, 4) is 0 Å². The predicted molar refractivity (Wildman–Crippen MR) is 110 cm³/mol. The van der Waals surface area contributed by atoms with Crippen molar-refractivity contribution in [2.45, 2.75) is 31.8 Å².